The number of hydrogen-bond donors (Lipinski definition) is 3. The molecule has 5 heterocycles. The first-order valence-corrected chi connectivity index (χ1v) is 15.4. The predicted octanol–water partition coefficient (Wildman–Crippen LogP) is 6.53. The number of piperidine rings is 1. The zero-order chi connectivity index (χ0) is 31.8. The number of nitrogens with zero attached hydrogens (tertiary/aromatic N) is 6. The number of benzene rings is 2. The molecule has 0 radical (unpaired) electrons. The zero-order valence-corrected chi connectivity index (χ0v) is 25.3. The minimum atomic E-state index is -4.59. The Hall–Kier alpha value is -4.91. The maximum atomic E-state index is 14.0. The maximum absolute atomic E-state index is 14.0. The Bertz CT molecular complexity index is 1870. The summed E-state index contributed by atoms with van der Waals surface area (Å²) in [7, 11) is 0. The van der Waals surface area contributed by atoms with Gasteiger partial charge in [0.05, 0.1) is 10.9 Å². The summed E-state index contributed by atoms with van der Waals surface area (Å²) in [6.45, 7) is 5.39. The van der Waals surface area contributed by atoms with E-state index in [1.54, 1.807) is 41.4 Å². The number of halogens is 3. The number of aromatic nitrogens is 5. The molecule has 2 aliphatic heterocycles. The largest absolute Gasteiger partial charge is 0.416 e. The molecule has 7 rings (SSSR count). The molecule has 2 fully saturated rings. The van der Waals surface area contributed by atoms with Gasteiger partial charge in [-0.2, -0.15) is 13.2 Å². The molecule has 3 aromatic heterocycles. The van der Waals surface area contributed by atoms with Crippen molar-refractivity contribution in [2.24, 2.45) is 0 Å². The van der Waals surface area contributed by atoms with Crippen molar-refractivity contribution >= 4 is 40.0 Å². The van der Waals surface area contributed by atoms with Gasteiger partial charge in [0.15, 0.2) is 5.82 Å². The van der Waals surface area contributed by atoms with Gasteiger partial charge in [0.1, 0.15) is 12.0 Å². The van der Waals surface area contributed by atoms with Crippen molar-refractivity contribution in [3.8, 4) is 5.82 Å². The van der Waals surface area contributed by atoms with Gasteiger partial charge in [-0.3, -0.25) is 9.36 Å². The first-order chi connectivity index (χ1) is 22.2. The number of likely N-dealkylation sites (tertiary alicyclic amines) is 1. The number of imidazole rings is 1. The van der Waals surface area contributed by atoms with Crippen molar-refractivity contribution in [1.29, 1.82) is 0 Å². The lowest BCUT2D eigenvalue weighted by Gasteiger charge is -2.38. The quantitative estimate of drug-likeness (QED) is 0.188. The molecule has 0 atom stereocenters. The summed E-state index contributed by atoms with van der Waals surface area (Å²) in [5.41, 5.74) is 2.19. The molecule has 10 nitrogen and oxygen atoms in total. The van der Waals surface area contributed by atoms with Gasteiger partial charge in [0, 0.05) is 60.3 Å². The number of aromatic amines is 1. The molecule has 2 aliphatic rings. The van der Waals surface area contributed by atoms with Gasteiger partial charge in [0.2, 0.25) is 5.95 Å². The van der Waals surface area contributed by atoms with E-state index in [0.29, 0.717) is 53.6 Å². The van der Waals surface area contributed by atoms with E-state index in [9.17, 15) is 18.0 Å². The van der Waals surface area contributed by atoms with Gasteiger partial charge in [-0.15, -0.1) is 0 Å². The molecule has 46 heavy (non-hydrogen) atoms. The standard InChI is InChI=1S/C33H34F3N9O/c1-21-4-5-24(19-28(21)42-32-38-10-15-45(32)30-27-6-9-37-29(27)39-20-40-30)41-31(46)22-16-23(33(34,35)36)18-26(17-22)44-13-7-25(8-14-44)43-11-2-3-12-43/h4-6,9-10,15-20,25H,2-3,7-8,11-14H2,1H3,(H,38,42)(H,41,46)(H,37,39,40). The first-order valence-electron chi connectivity index (χ1n) is 15.4. The number of carbonyl (C=O) groups is 1. The highest BCUT2D eigenvalue weighted by Gasteiger charge is 2.33. The van der Waals surface area contributed by atoms with Crippen molar-refractivity contribution in [3.05, 3.63) is 84.1 Å². The topological polar surface area (TPSA) is 107 Å². The summed E-state index contributed by atoms with van der Waals surface area (Å²) in [5.74, 6) is 0.504. The second kappa shape index (κ2) is 12.1. The van der Waals surface area contributed by atoms with Crippen molar-refractivity contribution in [2.45, 2.75) is 44.8 Å². The van der Waals surface area contributed by atoms with E-state index < -0.39 is 17.6 Å². The molecule has 0 spiro atoms. The number of amides is 1. The van der Waals surface area contributed by atoms with Gasteiger partial charge in [-0.05, 0) is 87.7 Å². The van der Waals surface area contributed by atoms with E-state index in [-0.39, 0.29) is 5.56 Å². The Kier molecular flexibility index (Phi) is 7.85. The van der Waals surface area contributed by atoms with Crippen molar-refractivity contribution < 1.29 is 18.0 Å². The molecule has 238 valence electrons. The van der Waals surface area contributed by atoms with E-state index in [2.05, 4.69) is 35.5 Å². The van der Waals surface area contributed by atoms with E-state index in [1.165, 1.54) is 19.2 Å². The fraction of sp³-hybridized carbons (Fsp3) is 0.333. The number of fused-ring (bicyclic) bond motifs is 1. The Labute approximate surface area is 263 Å². The summed E-state index contributed by atoms with van der Waals surface area (Å²) < 4.78 is 43.8. The normalized spacial score (nSPS) is 16.3. The highest BCUT2D eigenvalue weighted by Crippen LogP contribution is 2.35. The van der Waals surface area contributed by atoms with Crippen LogP contribution in [-0.2, 0) is 6.18 Å². The number of anilines is 4. The Morgan fingerprint density at radius 1 is 0.978 bits per heavy atom. The molecule has 2 aromatic carbocycles. The van der Waals surface area contributed by atoms with Crippen LogP contribution < -0.4 is 15.5 Å². The molecular weight excluding hydrogens is 595 g/mol. The number of hydrogen-bond acceptors (Lipinski definition) is 7. The molecule has 13 heteroatoms. The lowest BCUT2D eigenvalue weighted by Crippen LogP contribution is -2.44. The summed E-state index contributed by atoms with van der Waals surface area (Å²) >= 11 is 0. The van der Waals surface area contributed by atoms with Crippen LogP contribution in [0.25, 0.3) is 16.9 Å². The van der Waals surface area contributed by atoms with Crippen LogP contribution in [0.1, 0.15) is 47.2 Å². The van der Waals surface area contributed by atoms with Crippen molar-refractivity contribution in [2.75, 3.05) is 41.7 Å². The van der Waals surface area contributed by atoms with Gasteiger partial charge >= 0.3 is 6.18 Å². The monoisotopic (exact) mass is 629 g/mol. The van der Waals surface area contributed by atoms with Crippen LogP contribution in [0.2, 0.25) is 0 Å². The molecule has 0 saturated carbocycles. The van der Waals surface area contributed by atoms with Crippen LogP contribution in [0.3, 0.4) is 0 Å². The number of carbonyl (C=O) groups excluding carboxylic acids is 1. The second-order valence-corrected chi connectivity index (χ2v) is 11.9. The van der Waals surface area contributed by atoms with Crippen LogP contribution in [0, 0.1) is 6.92 Å². The van der Waals surface area contributed by atoms with E-state index >= 15 is 0 Å². The van der Waals surface area contributed by atoms with Crippen LogP contribution in [0.5, 0.6) is 0 Å². The van der Waals surface area contributed by atoms with Crippen LogP contribution >= 0.6 is 0 Å². The lowest BCUT2D eigenvalue weighted by atomic mass is 10.0. The Morgan fingerprint density at radius 3 is 2.57 bits per heavy atom. The molecule has 0 bridgehead atoms. The SMILES string of the molecule is Cc1ccc(NC(=O)c2cc(N3CCC(N4CCCC4)CC3)cc(C(F)(F)F)c2)cc1Nc1nccn1-c1ncnc2[nH]ccc12. The third-order valence-electron chi connectivity index (χ3n) is 8.94. The minimum absolute atomic E-state index is 0.0450. The Balaban J connectivity index is 1.11. The average molecular weight is 630 g/mol. The number of nitrogens with one attached hydrogen (secondary N) is 3. The number of aryl methyl sites for hydroxylation is 1. The fourth-order valence-corrected chi connectivity index (χ4v) is 6.46. The molecule has 2 saturated heterocycles. The zero-order valence-electron chi connectivity index (χ0n) is 25.3. The van der Waals surface area contributed by atoms with Crippen molar-refractivity contribution in [1.82, 2.24) is 29.4 Å². The summed E-state index contributed by atoms with van der Waals surface area (Å²) in [6.07, 6.45) is 6.28. The lowest BCUT2D eigenvalue weighted by molar-refractivity contribution is -0.137. The van der Waals surface area contributed by atoms with Crippen molar-refractivity contribution in [3.63, 3.8) is 0 Å². The maximum Gasteiger partial charge on any atom is 0.416 e. The second-order valence-electron chi connectivity index (χ2n) is 11.9. The molecule has 3 N–H and O–H groups in total. The molecule has 0 aliphatic carbocycles. The third-order valence-corrected chi connectivity index (χ3v) is 8.94. The predicted molar refractivity (Wildman–Crippen MR) is 171 cm³/mol. The van der Waals surface area contributed by atoms with Gasteiger partial charge < -0.3 is 25.4 Å². The minimum Gasteiger partial charge on any atom is -0.371 e. The molecular formula is C33H34F3N9O. The molecule has 1 amide bonds. The van der Waals surface area contributed by atoms with E-state index in [0.717, 1.165) is 49.0 Å². The smallest absolute Gasteiger partial charge is 0.371 e. The third kappa shape index (κ3) is 6.02. The van der Waals surface area contributed by atoms with E-state index in [1.807, 2.05) is 24.0 Å². The summed E-state index contributed by atoms with van der Waals surface area (Å²) in [6, 6.07) is 11.3. The van der Waals surface area contributed by atoms with Gasteiger partial charge in [-0.25, -0.2) is 15.0 Å². The Morgan fingerprint density at radius 2 is 1.78 bits per heavy atom. The average Bonchev–Trinajstić information content (AvgIpc) is 3.85. The fourth-order valence-electron chi connectivity index (χ4n) is 6.46. The van der Waals surface area contributed by atoms with Crippen LogP contribution in [-0.4, -0.2) is 67.5 Å². The van der Waals surface area contributed by atoms with Gasteiger partial charge in [-0.1, -0.05) is 6.07 Å². The van der Waals surface area contributed by atoms with Crippen LogP contribution in [0.4, 0.5) is 36.2 Å². The van der Waals surface area contributed by atoms with Crippen LogP contribution in [0.15, 0.2) is 67.4 Å². The number of rotatable bonds is 7. The summed E-state index contributed by atoms with van der Waals surface area (Å²) in [4.78, 5) is 34.1. The number of alkyl halides is 3. The summed E-state index contributed by atoms with van der Waals surface area (Å²) in [5, 5.41) is 6.92. The highest BCUT2D eigenvalue weighted by molar-refractivity contribution is 6.05. The first kappa shape index (κ1) is 29.8. The molecule has 5 aromatic rings. The number of H-pyrrole nitrogens is 1. The molecule has 0 unspecified atom stereocenters. The highest BCUT2D eigenvalue weighted by atomic mass is 19.4. The van der Waals surface area contributed by atoms with Gasteiger partial charge in [0.25, 0.3) is 5.91 Å². The van der Waals surface area contributed by atoms with E-state index in [4.69, 9.17) is 0 Å².